The normalized spacial score (nSPS) is 11.9. The molecule has 31 heavy (non-hydrogen) atoms. The number of benzene rings is 1. The molecule has 0 saturated carbocycles. The van der Waals surface area contributed by atoms with Crippen molar-refractivity contribution in [2.45, 2.75) is 46.1 Å². The maximum absolute atomic E-state index is 12.3. The summed E-state index contributed by atoms with van der Waals surface area (Å²) in [5, 5.41) is 9.19. The fraction of sp³-hybridized carbons (Fsp3) is 0.652. The first kappa shape index (κ1) is 26.7. The standard InChI is InChI=1S/C23H37NO7/c1-5-29-21(22(25)26)17-19-8-10-20(11-9-19)30-14-13-24(12-6-7-18(2)3)23(27)31-16-15-28-4/h8-11,18,21H,5-7,12-17H2,1-4H3,(H,25,26). The van der Waals surface area contributed by atoms with Crippen LogP contribution in [0.1, 0.15) is 39.2 Å². The van der Waals surface area contributed by atoms with Gasteiger partial charge in [-0.25, -0.2) is 9.59 Å². The van der Waals surface area contributed by atoms with E-state index in [2.05, 4.69) is 13.8 Å². The maximum Gasteiger partial charge on any atom is 0.409 e. The zero-order valence-electron chi connectivity index (χ0n) is 19.2. The van der Waals surface area contributed by atoms with E-state index in [1.165, 1.54) is 0 Å². The van der Waals surface area contributed by atoms with E-state index in [4.69, 9.17) is 18.9 Å². The van der Waals surface area contributed by atoms with E-state index >= 15 is 0 Å². The summed E-state index contributed by atoms with van der Waals surface area (Å²) >= 11 is 0. The van der Waals surface area contributed by atoms with Crippen LogP contribution < -0.4 is 4.74 Å². The number of carbonyl (C=O) groups excluding carboxylic acids is 1. The number of carboxylic acid groups (broad SMARTS) is 1. The van der Waals surface area contributed by atoms with Crippen LogP contribution in [0.5, 0.6) is 5.75 Å². The number of methoxy groups -OCH3 is 1. The lowest BCUT2D eigenvalue weighted by molar-refractivity contribution is -0.149. The van der Waals surface area contributed by atoms with E-state index < -0.39 is 12.1 Å². The Morgan fingerprint density at radius 2 is 1.77 bits per heavy atom. The largest absolute Gasteiger partial charge is 0.492 e. The molecular weight excluding hydrogens is 402 g/mol. The molecule has 1 unspecified atom stereocenters. The smallest absolute Gasteiger partial charge is 0.409 e. The van der Waals surface area contributed by atoms with Gasteiger partial charge in [0.1, 0.15) is 19.0 Å². The minimum Gasteiger partial charge on any atom is -0.492 e. The quantitative estimate of drug-likeness (QED) is 0.393. The molecule has 1 amide bonds. The average Bonchev–Trinajstić information content (AvgIpc) is 2.73. The van der Waals surface area contributed by atoms with Gasteiger partial charge in [-0.1, -0.05) is 26.0 Å². The van der Waals surface area contributed by atoms with Gasteiger partial charge >= 0.3 is 12.1 Å². The molecule has 0 radical (unpaired) electrons. The Bertz CT molecular complexity index is 633. The number of rotatable bonds is 16. The van der Waals surface area contributed by atoms with Crippen molar-refractivity contribution < 1.29 is 33.6 Å². The Balaban J connectivity index is 2.54. The first-order valence-corrected chi connectivity index (χ1v) is 10.8. The molecule has 0 saturated heterocycles. The Kier molecular flexibility index (Phi) is 13.3. The predicted octanol–water partition coefficient (Wildman–Crippen LogP) is 3.62. The van der Waals surface area contributed by atoms with E-state index in [9.17, 15) is 14.7 Å². The second-order valence-electron chi connectivity index (χ2n) is 7.61. The lowest BCUT2D eigenvalue weighted by Crippen LogP contribution is -2.36. The van der Waals surface area contributed by atoms with Gasteiger partial charge in [-0.15, -0.1) is 0 Å². The van der Waals surface area contributed by atoms with Gasteiger partial charge in [-0.3, -0.25) is 0 Å². The van der Waals surface area contributed by atoms with Crippen LogP contribution in [-0.2, 0) is 25.4 Å². The minimum atomic E-state index is -0.975. The third kappa shape index (κ3) is 11.6. The van der Waals surface area contributed by atoms with Gasteiger partial charge in [0.25, 0.3) is 0 Å². The molecule has 1 N–H and O–H groups in total. The minimum absolute atomic E-state index is 0.220. The Labute approximate surface area is 185 Å². The van der Waals surface area contributed by atoms with Crippen molar-refractivity contribution in [1.29, 1.82) is 0 Å². The fourth-order valence-electron chi connectivity index (χ4n) is 2.92. The SMILES string of the molecule is CCOC(Cc1ccc(OCCN(CCCC(C)C)C(=O)OCCOC)cc1)C(=O)O. The van der Waals surface area contributed by atoms with Crippen LogP contribution in [0, 0.1) is 5.92 Å². The van der Waals surface area contributed by atoms with Crippen molar-refractivity contribution in [2.75, 3.05) is 46.6 Å². The summed E-state index contributed by atoms with van der Waals surface area (Å²) in [5.41, 5.74) is 0.852. The molecule has 1 atom stereocenters. The van der Waals surface area contributed by atoms with Crippen molar-refractivity contribution in [3.05, 3.63) is 29.8 Å². The highest BCUT2D eigenvalue weighted by atomic mass is 16.6. The van der Waals surface area contributed by atoms with Gasteiger partial charge in [0.15, 0.2) is 6.10 Å². The lowest BCUT2D eigenvalue weighted by Gasteiger charge is -2.22. The van der Waals surface area contributed by atoms with Crippen LogP contribution in [-0.4, -0.2) is 74.8 Å². The van der Waals surface area contributed by atoms with Crippen LogP contribution >= 0.6 is 0 Å². The first-order chi connectivity index (χ1) is 14.9. The van der Waals surface area contributed by atoms with E-state index in [1.54, 1.807) is 31.1 Å². The Morgan fingerprint density at radius 3 is 2.35 bits per heavy atom. The van der Waals surface area contributed by atoms with Crippen LogP contribution in [0.4, 0.5) is 4.79 Å². The summed E-state index contributed by atoms with van der Waals surface area (Å²) in [5.74, 6) is 0.253. The highest BCUT2D eigenvalue weighted by Crippen LogP contribution is 2.15. The molecule has 0 bridgehead atoms. The van der Waals surface area contributed by atoms with Gasteiger partial charge in [-0.2, -0.15) is 0 Å². The average molecular weight is 440 g/mol. The molecule has 1 aromatic rings. The summed E-state index contributed by atoms with van der Waals surface area (Å²) in [6.07, 6.45) is 0.996. The first-order valence-electron chi connectivity index (χ1n) is 10.8. The third-order valence-electron chi connectivity index (χ3n) is 4.60. The van der Waals surface area contributed by atoms with Crippen molar-refractivity contribution >= 4 is 12.1 Å². The molecule has 1 aromatic carbocycles. The number of hydrogen-bond acceptors (Lipinski definition) is 6. The van der Waals surface area contributed by atoms with Gasteiger partial charge in [0, 0.05) is 26.7 Å². The zero-order chi connectivity index (χ0) is 23.1. The molecule has 0 aliphatic rings. The van der Waals surface area contributed by atoms with Gasteiger partial charge in [-0.05, 0) is 43.4 Å². The number of nitrogens with zero attached hydrogens (tertiary/aromatic N) is 1. The Morgan fingerprint density at radius 1 is 1.06 bits per heavy atom. The summed E-state index contributed by atoms with van der Waals surface area (Å²) < 4.78 is 21.2. The molecule has 8 nitrogen and oxygen atoms in total. The molecule has 176 valence electrons. The summed E-state index contributed by atoms with van der Waals surface area (Å²) in [4.78, 5) is 25.2. The summed E-state index contributed by atoms with van der Waals surface area (Å²) in [7, 11) is 1.56. The van der Waals surface area contributed by atoms with E-state index in [0.717, 1.165) is 18.4 Å². The number of carboxylic acids is 1. The molecule has 0 aromatic heterocycles. The fourth-order valence-corrected chi connectivity index (χ4v) is 2.92. The van der Waals surface area contributed by atoms with Crippen molar-refractivity contribution in [1.82, 2.24) is 4.90 Å². The molecular formula is C23H37NO7. The van der Waals surface area contributed by atoms with Crippen LogP contribution in [0.25, 0.3) is 0 Å². The van der Waals surface area contributed by atoms with Crippen LogP contribution in [0.3, 0.4) is 0 Å². The van der Waals surface area contributed by atoms with Gasteiger partial charge in [0.05, 0.1) is 13.2 Å². The summed E-state index contributed by atoms with van der Waals surface area (Å²) in [6, 6.07) is 7.23. The maximum atomic E-state index is 12.3. The highest BCUT2D eigenvalue weighted by Gasteiger charge is 2.18. The van der Waals surface area contributed by atoms with Crippen LogP contribution in [0.15, 0.2) is 24.3 Å². The number of carbonyl (C=O) groups is 2. The highest BCUT2D eigenvalue weighted by molar-refractivity contribution is 5.72. The summed E-state index contributed by atoms with van der Waals surface area (Å²) in [6.45, 7) is 8.36. The predicted molar refractivity (Wildman–Crippen MR) is 118 cm³/mol. The lowest BCUT2D eigenvalue weighted by atomic mass is 10.1. The zero-order valence-corrected chi connectivity index (χ0v) is 19.2. The number of hydrogen-bond donors (Lipinski definition) is 1. The molecule has 0 aliphatic carbocycles. The Hall–Kier alpha value is -2.32. The van der Waals surface area contributed by atoms with Crippen molar-refractivity contribution in [3.63, 3.8) is 0 Å². The molecule has 0 fully saturated rings. The van der Waals surface area contributed by atoms with E-state index in [-0.39, 0.29) is 12.7 Å². The number of amides is 1. The van der Waals surface area contributed by atoms with E-state index in [0.29, 0.717) is 51.0 Å². The van der Waals surface area contributed by atoms with Gasteiger partial charge in [0.2, 0.25) is 0 Å². The van der Waals surface area contributed by atoms with Crippen LogP contribution in [0.2, 0.25) is 0 Å². The second-order valence-corrected chi connectivity index (χ2v) is 7.61. The topological polar surface area (TPSA) is 94.5 Å². The van der Waals surface area contributed by atoms with Gasteiger partial charge < -0.3 is 29.0 Å². The second kappa shape index (κ2) is 15.5. The third-order valence-corrected chi connectivity index (χ3v) is 4.60. The van der Waals surface area contributed by atoms with E-state index in [1.807, 2.05) is 12.1 Å². The van der Waals surface area contributed by atoms with Crippen molar-refractivity contribution in [3.8, 4) is 5.75 Å². The molecule has 0 spiro atoms. The molecule has 8 heteroatoms. The molecule has 1 rings (SSSR count). The van der Waals surface area contributed by atoms with Crippen molar-refractivity contribution in [2.24, 2.45) is 5.92 Å². The number of ether oxygens (including phenoxy) is 4. The monoisotopic (exact) mass is 439 g/mol. The molecule has 0 heterocycles. The number of aliphatic carboxylic acids is 1. The molecule has 0 aliphatic heterocycles.